The van der Waals surface area contributed by atoms with Gasteiger partial charge in [0.2, 0.25) is 18.5 Å². The predicted octanol–water partition coefficient (Wildman–Crippen LogP) is 11.9. The average Bonchev–Trinajstić information content (AvgIpc) is 1.55. The number of carboxylic acids is 1. The van der Waals surface area contributed by atoms with Crippen LogP contribution in [0.5, 0.6) is 0 Å². The van der Waals surface area contributed by atoms with Gasteiger partial charge in [0.1, 0.15) is 5.60 Å². The number of nitrogens with zero attached hydrogens (tertiary/aromatic N) is 6. The number of anilines is 2. The van der Waals surface area contributed by atoms with Gasteiger partial charge in [0, 0.05) is 75.6 Å². The number of fused-ring (bicyclic) bond motifs is 6. The van der Waals surface area contributed by atoms with Crippen molar-refractivity contribution in [2.75, 3.05) is 49.2 Å². The highest BCUT2D eigenvalue weighted by atomic mass is 16.7. The van der Waals surface area contributed by atoms with E-state index in [1.54, 1.807) is 44.4 Å². The summed E-state index contributed by atoms with van der Waals surface area (Å²) in [7, 11) is 0. The number of carboxylic acid groups (broad SMARTS) is 1. The third-order valence-corrected chi connectivity index (χ3v) is 21.3. The van der Waals surface area contributed by atoms with E-state index in [1.165, 1.54) is 23.6 Å². The van der Waals surface area contributed by atoms with Gasteiger partial charge >= 0.3 is 48.1 Å². The van der Waals surface area contributed by atoms with Gasteiger partial charge in [-0.1, -0.05) is 109 Å². The Balaban J connectivity index is 0.812. The number of carbonyl (C=O) groups excluding carboxylic acids is 8. The van der Waals surface area contributed by atoms with Crippen molar-refractivity contribution in [3.63, 3.8) is 0 Å². The predicted molar refractivity (Wildman–Crippen MR) is 377 cm³/mol. The summed E-state index contributed by atoms with van der Waals surface area (Å²) in [6.07, 6.45) is -3.16. The highest BCUT2D eigenvalue weighted by Gasteiger charge is 2.67. The topological polar surface area (TPSA) is 258 Å². The first-order valence-electron chi connectivity index (χ1n) is 35.8. The average molecular weight is 1400 g/mol. The molecule has 0 spiro atoms. The minimum atomic E-state index is -1.57. The van der Waals surface area contributed by atoms with Crippen molar-refractivity contribution in [3.8, 4) is 0 Å². The number of hydrogen-bond acceptors (Lipinski definition) is 18. The molecule has 14 atom stereocenters. The van der Waals surface area contributed by atoms with Crippen molar-refractivity contribution in [1.82, 2.24) is 19.6 Å². The second-order valence-corrected chi connectivity index (χ2v) is 28.7. The number of rotatable bonds is 22. The largest absolute Gasteiger partial charge is 0.481 e. The van der Waals surface area contributed by atoms with Gasteiger partial charge in [0.05, 0.1) is 73.9 Å². The third-order valence-electron chi connectivity index (χ3n) is 21.3. The summed E-state index contributed by atoms with van der Waals surface area (Å²) in [4.78, 5) is 139. The van der Waals surface area contributed by atoms with Gasteiger partial charge in [-0.05, 0) is 155 Å². The summed E-state index contributed by atoms with van der Waals surface area (Å²) < 4.78 is 40.8. The second-order valence-electron chi connectivity index (χ2n) is 28.7. The second kappa shape index (κ2) is 30.3. The van der Waals surface area contributed by atoms with Crippen LogP contribution in [0.1, 0.15) is 135 Å². The van der Waals surface area contributed by atoms with Crippen molar-refractivity contribution in [3.05, 3.63) is 156 Å². The van der Waals surface area contributed by atoms with Crippen LogP contribution >= 0.6 is 0 Å². The fourth-order valence-electron chi connectivity index (χ4n) is 17.0. The number of benzene rings is 6. The van der Waals surface area contributed by atoms with Gasteiger partial charge in [0.15, 0.2) is 0 Å². The first kappa shape index (κ1) is 71.9. The minimum Gasteiger partial charge on any atom is -0.481 e. The van der Waals surface area contributed by atoms with Gasteiger partial charge in [0.25, 0.3) is 0 Å². The molecule has 0 aromatic heterocycles. The van der Waals surface area contributed by atoms with E-state index in [0.717, 1.165) is 55.2 Å². The van der Waals surface area contributed by atoms with E-state index in [2.05, 4.69) is 9.80 Å². The number of aliphatic carboxylic acids is 1. The quantitative estimate of drug-likeness (QED) is 0.0376. The molecule has 6 fully saturated rings. The molecule has 12 rings (SSSR count). The van der Waals surface area contributed by atoms with Crippen LogP contribution in [0.3, 0.4) is 0 Å². The Morgan fingerprint density at radius 2 is 0.873 bits per heavy atom. The van der Waals surface area contributed by atoms with Crippen LogP contribution in [-0.4, -0.2) is 173 Å². The summed E-state index contributed by atoms with van der Waals surface area (Å²) in [5.74, 6) is -10.1. The van der Waals surface area contributed by atoms with Gasteiger partial charge in [-0.25, -0.2) is 14.4 Å². The molecule has 23 nitrogen and oxygen atoms in total. The van der Waals surface area contributed by atoms with E-state index in [1.807, 2.05) is 147 Å². The monoisotopic (exact) mass is 1400 g/mol. The van der Waals surface area contributed by atoms with E-state index in [4.69, 9.17) is 33.2 Å². The lowest BCUT2D eigenvalue weighted by atomic mass is 9.78. The Morgan fingerprint density at radius 3 is 1.27 bits per heavy atom. The Hall–Kier alpha value is -9.93. The molecule has 0 aliphatic carbocycles. The zero-order valence-electron chi connectivity index (χ0n) is 59.3. The lowest BCUT2D eigenvalue weighted by Crippen LogP contribution is -2.49. The zero-order valence-corrected chi connectivity index (χ0v) is 59.3. The molecule has 6 heterocycles. The smallest absolute Gasteiger partial charge is 0.413 e. The van der Waals surface area contributed by atoms with Crippen molar-refractivity contribution >= 4 is 87.0 Å². The number of esters is 4. The summed E-state index contributed by atoms with van der Waals surface area (Å²) in [6.45, 7) is 17.8. The van der Waals surface area contributed by atoms with Crippen LogP contribution in [0.15, 0.2) is 133 Å². The first-order chi connectivity index (χ1) is 48.9. The Labute approximate surface area is 594 Å². The highest BCUT2D eigenvalue weighted by molar-refractivity contribution is 5.93. The van der Waals surface area contributed by atoms with Crippen molar-refractivity contribution in [1.29, 1.82) is 0 Å². The summed E-state index contributed by atoms with van der Waals surface area (Å²) >= 11 is 0. The Morgan fingerprint density at radius 1 is 0.480 bits per heavy atom. The Kier molecular flexibility index (Phi) is 21.4. The van der Waals surface area contributed by atoms with Gasteiger partial charge in [-0.15, -0.1) is 0 Å². The summed E-state index contributed by atoms with van der Waals surface area (Å²) in [5, 5.41) is 14.7. The maximum absolute atomic E-state index is 15.6. The third kappa shape index (κ3) is 14.9. The van der Waals surface area contributed by atoms with Crippen molar-refractivity contribution < 1.29 is 81.4 Å². The molecule has 1 N–H and O–H groups in total. The molecular formula is C79H92N6O17. The SMILES string of the molecule is CCOC(=O)Cc1ccc(N2CC[C@H](N(C(=O)OC(C)OC(=O)C3[C@H]4CC[C@@H]([C@H]3C(=O)OC(C)OC(=O)N([C@H]3CCN(c5ccc(CC(=O)OCC)cc5)C3)[C@H](C)c3cccc5ccccc35)N4C(=O)[C@H]3C(C(=O)O)[C@H]4CC[C@@H]3N4C(=O)OC(C)(C)C)[C@H](C)c3cccc4ccccc34)C2)cc1. The standard InChI is InChI=1S/C79H92N6O17/c1-10-96-66(86)42-50-26-30-54(31-27-50)80-40-38-56(44-80)82(46(3)58-24-16-20-52-18-12-14-22-60(52)58)76(93)100-48(5)98-74(91)70-64-36-37-65(84(64)72(88)68-62-34-35-63(69(68)73(89)90)85(62)78(95)102-79(7,8)9)71(70)75(92)99-49(6)101-77(94)83(47(4)59-25-17-21-53-19-13-15-23-61(53)59)57-39-41-81(45-57)55-32-28-51(29-33-55)43-67(87)97-11-2/h12-33,46-49,56-57,62-65,68-71H,10-11,34-45H2,1-9H3,(H,89,90)/t46-,47-,48?,49?,56+,57+,62+,63-,64-,65+,68-,69?,70?,71-/m1/s1. The Bertz CT molecular complexity index is 3900. The van der Waals surface area contributed by atoms with Gasteiger partial charge < -0.3 is 57.9 Å². The maximum Gasteiger partial charge on any atom is 0.413 e. The minimum absolute atomic E-state index is 0.126. The summed E-state index contributed by atoms with van der Waals surface area (Å²) in [5.41, 5.74) is 4.12. The van der Waals surface area contributed by atoms with E-state index >= 15 is 24.0 Å². The number of hydrogen-bond donors (Lipinski definition) is 1. The normalized spacial score (nSPS) is 23.9. The molecule has 6 aromatic rings. The zero-order chi connectivity index (χ0) is 72.4. The van der Waals surface area contributed by atoms with Gasteiger partial charge in [-0.2, -0.15) is 0 Å². The summed E-state index contributed by atoms with van der Waals surface area (Å²) in [6, 6.07) is 36.9. The van der Waals surface area contributed by atoms with Gasteiger partial charge in [-0.3, -0.25) is 38.6 Å². The molecule has 6 aliphatic heterocycles. The molecule has 102 heavy (non-hydrogen) atoms. The molecule has 6 aliphatic rings. The number of ether oxygens (including phenoxy) is 7. The fraction of sp³-hybridized carbons (Fsp3) is 0.481. The highest BCUT2D eigenvalue weighted by Crippen LogP contribution is 2.53. The van der Waals surface area contributed by atoms with E-state index in [9.17, 15) is 24.3 Å². The van der Waals surface area contributed by atoms with Crippen LogP contribution in [-0.2, 0) is 74.8 Å². The molecule has 4 unspecified atom stereocenters. The van der Waals surface area contributed by atoms with Crippen LogP contribution in [0, 0.1) is 23.7 Å². The molecule has 4 amide bonds. The first-order valence-corrected chi connectivity index (χ1v) is 35.8. The molecule has 0 radical (unpaired) electrons. The molecule has 540 valence electrons. The molecule has 23 heteroatoms. The lowest BCUT2D eigenvalue weighted by Gasteiger charge is -2.36. The van der Waals surface area contributed by atoms with E-state index < -0.39 is 132 Å². The van der Waals surface area contributed by atoms with E-state index in [0.29, 0.717) is 51.9 Å². The van der Waals surface area contributed by atoms with E-state index in [-0.39, 0.29) is 50.8 Å². The van der Waals surface area contributed by atoms with Crippen LogP contribution in [0.4, 0.5) is 25.8 Å². The van der Waals surface area contributed by atoms with Crippen molar-refractivity contribution in [2.45, 2.75) is 180 Å². The van der Waals surface area contributed by atoms with Crippen LogP contribution in [0.25, 0.3) is 21.5 Å². The fourth-order valence-corrected chi connectivity index (χ4v) is 17.0. The molecule has 4 bridgehead atoms. The lowest BCUT2D eigenvalue weighted by molar-refractivity contribution is -0.184. The molecule has 6 saturated heterocycles. The molecule has 6 aromatic carbocycles. The van der Waals surface area contributed by atoms with Crippen LogP contribution < -0.4 is 9.80 Å². The number of amides is 4. The van der Waals surface area contributed by atoms with Crippen molar-refractivity contribution in [2.24, 2.45) is 23.7 Å². The number of carbonyl (C=O) groups is 9. The molecular weight excluding hydrogens is 1300 g/mol. The maximum atomic E-state index is 15.6. The van der Waals surface area contributed by atoms with Crippen LogP contribution in [0.2, 0.25) is 0 Å². The molecule has 0 saturated carbocycles.